The molecule has 106 valence electrons. The van der Waals surface area contributed by atoms with Crippen molar-refractivity contribution in [2.45, 2.75) is 45.2 Å². The normalized spacial score (nSPS) is 24.2. The molecule has 0 aromatic heterocycles. The summed E-state index contributed by atoms with van der Waals surface area (Å²) in [4.78, 5) is 36.6. The van der Waals surface area contributed by atoms with Gasteiger partial charge in [-0.25, -0.2) is 0 Å². The van der Waals surface area contributed by atoms with Gasteiger partial charge in [0.1, 0.15) is 11.6 Å². The predicted octanol–water partition coefficient (Wildman–Crippen LogP) is -0.0664. The van der Waals surface area contributed by atoms with Crippen molar-refractivity contribution in [3.8, 4) is 0 Å². The molecule has 6 nitrogen and oxygen atoms in total. The molecule has 1 rings (SSSR count). The zero-order chi connectivity index (χ0) is 14.8. The minimum absolute atomic E-state index is 0.189. The van der Waals surface area contributed by atoms with Gasteiger partial charge in [0.15, 0.2) is 0 Å². The molecule has 0 saturated carbocycles. The van der Waals surface area contributed by atoms with E-state index in [-0.39, 0.29) is 18.2 Å². The van der Waals surface area contributed by atoms with Crippen molar-refractivity contribution in [2.24, 2.45) is 5.73 Å². The standard InChI is InChI=1S/C13H21N3O3/c1-8(2)7-10(17)15-13(4)5-6-16(12(13)19)9(3)11(14)18/h9H,1,5-7H2,2-4H3,(H2,14,18)(H,15,17). The van der Waals surface area contributed by atoms with E-state index in [9.17, 15) is 14.4 Å². The van der Waals surface area contributed by atoms with E-state index in [1.165, 1.54) is 4.90 Å². The van der Waals surface area contributed by atoms with Crippen molar-refractivity contribution < 1.29 is 14.4 Å². The minimum atomic E-state index is -0.962. The maximum atomic E-state index is 12.3. The van der Waals surface area contributed by atoms with E-state index in [4.69, 9.17) is 5.73 Å². The third-order valence-electron chi connectivity index (χ3n) is 3.34. The molecule has 1 fully saturated rings. The number of nitrogens with two attached hydrogens (primary N) is 1. The van der Waals surface area contributed by atoms with Gasteiger partial charge < -0.3 is 16.0 Å². The van der Waals surface area contributed by atoms with Gasteiger partial charge in [-0.3, -0.25) is 14.4 Å². The van der Waals surface area contributed by atoms with Crippen LogP contribution in [0.15, 0.2) is 12.2 Å². The quantitative estimate of drug-likeness (QED) is 0.683. The van der Waals surface area contributed by atoms with Crippen LogP contribution in [0.25, 0.3) is 0 Å². The highest BCUT2D eigenvalue weighted by Gasteiger charge is 2.46. The largest absolute Gasteiger partial charge is 0.368 e. The Morgan fingerprint density at radius 1 is 1.58 bits per heavy atom. The number of likely N-dealkylation sites (tertiary alicyclic amines) is 1. The van der Waals surface area contributed by atoms with E-state index in [0.717, 1.165) is 5.57 Å². The molecule has 3 N–H and O–H groups in total. The zero-order valence-corrected chi connectivity index (χ0v) is 11.7. The molecule has 0 spiro atoms. The lowest BCUT2D eigenvalue weighted by molar-refractivity contribution is -0.140. The SMILES string of the molecule is C=C(C)CC(=O)NC1(C)CCN(C(C)C(N)=O)C1=O. The first-order valence-corrected chi connectivity index (χ1v) is 6.23. The molecule has 19 heavy (non-hydrogen) atoms. The number of nitrogens with zero attached hydrogens (tertiary/aromatic N) is 1. The molecule has 1 saturated heterocycles. The molecular formula is C13H21N3O3. The van der Waals surface area contributed by atoms with Crippen LogP contribution in [-0.2, 0) is 14.4 Å². The number of rotatable bonds is 5. The minimum Gasteiger partial charge on any atom is -0.368 e. The van der Waals surface area contributed by atoms with E-state index in [2.05, 4.69) is 11.9 Å². The first kappa shape index (κ1) is 15.2. The lowest BCUT2D eigenvalue weighted by Gasteiger charge is -2.27. The summed E-state index contributed by atoms with van der Waals surface area (Å²) in [6.45, 7) is 9.07. The molecule has 2 unspecified atom stereocenters. The van der Waals surface area contributed by atoms with E-state index in [0.29, 0.717) is 13.0 Å². The second-order valence-electron chi connectivity index (χ2n) is 5.34. The van der Waals surface area contributed by atoms with Gasteiger partial charge in [-0.15, -0.1) is 0 Å². The summed E-state index contributed by atoms with van der Waals surface area (Å²) in [5.41, 5.74) is 4.97. The Morgan fingerprint density at radius 2 is 2.16 bits per heavy atom. The number of carbonyl (C=O) groups is 3. The van der Waals surface area contributed by atoms with E-state index in [1.807, 2.05) is 0 Å². The molecule has 2 atom stereocenters. The van der Waals surface area contributed by atoms with Gasteiger partial charge >= 0.3 is 0 Å². The van der Waals surface area contributed by atoms with Gasteiger partial charge in [0, 0.05) is 13.0 Å². The first-order chi connectivity index (χ1) is 8.67. The predicted molar refractivity (Wildman–Crippen MR) is 71.0 cm³/mol. The maximum absolute atomic E-state index is 12.3. The van der Waals surface area contributed by atoms with Crippen LogP contribution in [0.1, 0.15) is 33.6 Å². The smallest absolute Gasteiger partial charge is 0.248 e. The molecule has 1 heterocycles. The van der Waals surface area contributed by atoms with Gasteiger partial charge in [-0.05, 0) is 27.2 Å². The van der Waals surface area contributed by atoms with Gasteiger partial charge in [0.2, 0.25) is 17.7 Å². The van der Waals surface area contributed by atoms with Gasteiger partial charge in [-0.2, -0.15) is 0 Å². The third-order valence-corrected chi connectivity index (χ3v) is 3.34. The Morgan fingerprint density at radius 3 is 2.63 bits per heavy atom. The first-order valence-electron chi connectivity index (χ1n) is 6.23. The number of hydrogen-bond acceptors (Lipinski definition) is 3. The fraction of sp³-hybridized carbons (Fsp3) is 0.615. The van der Waals surface area contributed by atoms with Crippen LogP contribution in [0, 0.1) is 0 Å². The molecular weight excluding hydrogens is 246 g/mol. The number of carbonyl (C=O) groups excluding carboxylic acids is 3. The zero-order valence-electron chi connectivity index (χ0n) is 11.7. The average Bonchev–Trinajstić information content (AvgIpc) is 2.53. The monoisotopic (exact) mass is 267 g/mol. The summed E-state index contributed by atoms with van der Waals surface area (Å²) < 4.78 is 0. The van der Waals surface area contributed by atoms with Gasteiger partial charge in [0.25, 0.3) is 0 Å². The van der Waals surface area contributed by atoms with Crippen molar-refractivity contribution in [2.75, 3.05) is 6.54 Å². The van der Waals surface area contributed by atoms with Crippen molar-refractivity contribution >= 4 is 17.7 Å². The Labute approximate surface area is 113 Å². The molecule has 1 aliphatic heterocycles. The Bertz CT molecular complexity index is 433. The fourth-order valence-electron chi connectivity index (χ4n) is 2.13. The summed E-state index contributed by atoms with van der Waals surface area (Å²) in [6.07, 6.45) is 0.652. The van der Waals surface area contributed by atoms with Crippen LogP contribution in [0.4, 0.5) is 0 Å². The molecule has 1 aliphatic rings. The molecule has 0 radical (unpaired) electrons. The highest BCUT2D eigenvalue weighted by molar-refractivity contribution is 5.96. The second kappa shape index (κ2) is 5.42. The van der Waals surface area contributed by atoms with Crippen molar-refractivity contribution in [1.82, 2.24) is 10.2 Å². The number of amides is 3. The van der Waals surface area contributed by atoms with E-state index < -0.39 is 17.5 Å². The molecule has 0 bridgehead atoms. The Hall–Kier alpha value is -1.85. The van der Waals surface area contributed by atoms with Crippen LogP contribution in [-0.4, -0.2) is 40.7 Å². The molecule has 0 aromatic carbocycles. The molecule has 0 aliphatic carbocycles. The highest BCUT2D eigenvalue weighted by Crippen LogP contribution is 2.24. The van der Waals surface area contributed by atoms with Crippen LogP contribution >= 0.6 is 0 Å². The van der Waals surface area contributed by atoms with Crippen LogP contribution in [0.5, 0.6) is 0 Å². The highest BCUT2D eigenvalue weighted by atomic mass is 16.2. The summed E-state index contributed by atoms with van der Waals surface area (Å²) in [5, 5.41) is 2.72. The van der Waals surface area contributed by atoms with Crippen molar-refractivity contribution in [1.29, 1.82) is 0 Å². The second-order valence-corrected chi connectivity index (χ2v) is 5.34. The van der Waals surface area contributed by atoms with Gasteiger partial charge in [0.05, 0.1) is 0 Å². The fourth-order valence-corrected chi connectivity index (χ4v) is 2.13. The summed E-state index contributed by atoms with van der Waals surface area (Å²) in [6, 6.07) is -0.660. The van der Waals surface area contributed by atoms with Crippen molar-refractivity contribution in [3.05, 3.63) is 12.2 Å². The third kappa shape index (κ3) is 3.33. The number of hydrogen-bond donors (Lipinski definition) is 2. The Balaban J connectivity index is 2.75. The topological polar surface area (TPSA) is 92.5 Å². The average molecular weight is 267 g/mol. The number of nitrogens with one attached hydrogen (secondary N) is 1. The molecule has 0 aromatic rings. The van der Waals surface area contributed by atoms with Crippen LogP contribution in [0.2, 0.25) is 0 Å². The van der Waals surface area contributed by atoms with Crippen LogP contribution in [0.3, 0.4) is 0 Å². The van der Waals surface area contributed by atoms with E-state index >= 15 is 0 Å². The lowest BCUT2D eigenvalue weighted by atomic mass is 10.00. The van der Waals surface area contributed by atoms with Crippen LogP contribution < -0.4 is 11.1 Å². The number of primary amides is 1. The summed E-state index contributed by atoms with van der Waals surface area (Å²) in [5.74, 6) is -1.06. The molecule has 3 amide bonds. The summed E-state index contributed by atoms with van der Waals surface area (Å²) in [7, 11) is 0. The summed E-state index contributed by atoms with van der Waals surface area (Å²) >= 11 is 0. The maximum Gasteiger partial charge on any atom is 0.248 e. The Kier molecular flexibility index (Phi) is 4.34. The lowest BCUT2D eigenvalue weighted by Crippen LogP contribution is -2.54. The molecule has 6 heteroatoms. The van der Waals surface area contributed by atoms with E-state index in [1.54, 1.807) is 20.8 Å². The van der Waals surface area contributed by atoms with Crippen molar-refractivity contribution in [3.63, 3.8) is 0 Å². The van der Waals surface area contributed by atoms with Gasteiger partial charge in [-0.1, -0.05) is 12.2 Å².